The van der Waals surface area contributed by atoms with Gasteiger partial charge < -0.3 is 0 Å². The third-order valence-corrected chi connectivity index (χ3v) is 8.93. The van der Waals surface area contributed by atoms with Gasteiger partial charge in [-0.25, -0.2) is 0 Å². The van der Waals surface area contributed by atoms with Gasteiger partial charge in [0.2, 0.25) is 0 Å². The molecule has 0 saturated carbocycles. The van der Waals surface area contributed by atoms with Gasteiger partial charge in [-0.1, -0.05) is 0 Å². The first kappa shape index (κ1) is 26.6. The van der Waals surface area contributed by atoms with Gasteiger partial charge in [0, 0.05) is 11.1 Å². The van der Waals surface area contributed by atoms with E-state index in [0.29, 0.717) is 29.5 Å². The number of aryl methyl sites for hydroxylation is 1. The topological polar surface area (TPSA) is 85.0 Å². The van der Waals surface area contributed by atoms with Crippen molar-refractivity contribution < 1.29 is 9.21 Å². The summed E-state index contributed by atoms with van der Waals surface area (Å²) in [6.07, 6.45) is 6.13. The van der Waals surface area contributed by atoms with Crippen LogP contribution in [0.15, 0.2) is 82.9 Å². The molecule has 1 saturated heterocycles. The van der Waals surface area contributed by atoms with E-state index in [1.165, 1.54) is 5.56 Å². The molecular weight excluding hydrogens is 581 g/mol. The monoisotopic (exact) mass is 609 g/mol. The van der Waals surface area contributed by atoms with Crippen molar-refractivity contribution in [3.8, 4) is 22.6 Å². The molecule has 0 unspecified atom stereocenters. The zero-order valence-corrected chi connectivity index (χ0v) is 25.0. The predicted molar refractivity (Wildman–Crippen MR) is 156 cm³/mol. The zero-order chi connectivity index (χ0) is 27.7. The Bertz CT molecular complexity index is 1630. The van der Waals surface area contributed by atoms with Gasteiger partial charge >= 0.3 is 229 Å². The fourth-order valence-electron chi connectivity index (χ4n) is 5.16. The summed E-state index contributed by atoms with van der Waals surface area (Å²) in [5, 5.41) is 11.9. The first-order chi connectivity index (χ1) is 19.4. The summed E-state index contributed by atoms with van der Waals surface area (Å²) in [4.78, 5) is 24.9. The Morgan fingerprint density at radius 1 is 1.10 bits per heavy atom. The molecule has 0 spiro atoms. The van der Waals surface area contributed by atoms with Crippen LogP contribution in [0.25, 0.3) is 22.6 Å². The minimum absolute atomic E-state index is 0.0109. The fraction of sp³-hybridized carbons (Fsp3) is 0.258. The van der Waals surface area contributed by atoms with Crippen LogP contribution in [0.3, 0.4) is 0 Å². The number of carbonyl (C=O) groups is 1. The molecule has 200 valence electrons. The number of rotatable bonds is 7. The molecule has 6 rings (SSSR count). The van der Waals surface area contributed by atoms with Crippen molar-refractivity contribution >= 4 is 34.1 Å². The summed E-state index contributed by atoms with van der Waals surface area (Å²) in [6.45, 7) is 4.76. The molecule has 5 aromatic rings. The van der Waals surface area contributed by atoms with E-state index < -0.39 is 4.20 Å². The first-order valence-electron chi connectivity index (χ1n) is 13.3. The van der Waals surface area contributed by atoms with Crippen molar-refractivity contribution in [2.24, 2.45) is 0 Å². The number of thiazole rings is 1. The molecule has 2 radical (unpaired) electrons. The number of aromatic nitrogens is 4. The average Bonchev–Trinajstić information content (AvgIpc) is 3.74. The van der Waals surface area contributed by atoms with Gasteiger partial charge in [-0.3, -0.25) is 0 Å². The zero-order valence-electron chi connectivity index (χ0n) is 22.3. The van der Waals surface area contributed by atoms with E-state index in [9.17, 15) is 4.79 Å². The van der Waals surface area contributed by atoms with Gasteiger partial charge in [0.25, 0.3) is 0 Å². The molecule has 4 heterocycles. The van der Waals surface area contributed by atoms with Crippen molar-refractivity contribution in [3.63, 3.8) is 0 Å². The number of nitrogens with zero attached hydrogens (tertiary/aromatic N) is 5. The van der Waals surface area contributed by atoms with Crippen LogP contribution in [-0.4, -0.2) is 54.4 Å². The molecule has 0 aliphatic carbocycles. The van der Waals surface area contributed by atoms with E-state index in [1.807, 2.05) is 65.7 Å². The summed E-state index contributed by atoms with van der Waals surface area (Å²) in [5.41, 5.74) is 5.23. The Kier molecular flexibility index (Phi) is 7.39. The maximum atomic E-state index is 14.0. The van der Waals surface area contributed by atoms with Crippen molar-refractivity contribution in [1.82, 2.24) is 25.1 Å². The normalized spacial score (nSPS) is 16.7. The van der Waals surface area contributed by atoms with E-state index in [4.69, 9.17) is 4.42 Å². The molecule has 40 heavy (non-hydrogen) atoms. The Hall–Kier alpha value is -3.61. The van der Waals surface area contributed by atoms with Gasteiger partial charge in [0.1, 0.15) is 0 Å². The average molecular weight is 610 g/mol. The summed E-state index contributed by atoms with van der Waals surface area (Å²) in [7, 11) is 0. The van der Waals surface area contributed by atoms with Crippen molar-refractivity contribution in [3.05, 3.63) is 106 Å². The molecule has 9 heteroatoms. The van der Waals surface area contributed by atoms with Crippen LogP contribution in [0.1, 0.15) is 58.3 Å². The Morgan fingerprint density at radius 3 is 2.67 bits per heavy atom. The third kappa shape index (κ3) is 5.51. The maximum absolute atomic E-state index is 14.0. The number of hydrogen-bond donors (Lipinski definition) is 0. The van der Waals surface area contributed by atoms with Gasteiger partial charge in [0.15, 0.2) is 0 Å². The number of amides is 1. The molecular formula is C31H28AsN5O2S. The van der Waals surface area contributed by atoms with Gasteiger partial charge in [-0.2, -0.15) is 0 Å². The first-order valence-corrected chi connectivity index (χ1v) is 15.1. The van der Waals surface area contributed by atoms with Crippen LogP contribution in [-0.2, 0) is 10.6 Å². The molecule has 1 fully saturated rings. The second-order valence-electron chi connectivity index (χ2n) is 10.4. The van der Waals surface area contributed by atoms with Crippen LogP contribution in [0.5, 0.6) is 0 Å². The Labute approximate surface area is 246 Å². The molecule has 2 atom stereocenters. The Balaban J connectivity index is 1.36. The SMILES string of the molecule is Cc1csc([C@H]2CCCN2C(=O)c2cc(-c3cccnc3)cc(-c3nnc([C@@](C)([As])Cc4ccccc4)o3)c2)n1. The molecule has 3 aromatic heterocycles. The van der Waals surface area contributed by atoms with Gasteiger partial charge in [-0.05, 0) is 6.92 Å². The summed E-state index contributed by atoms with van der Waals surface area (Å²) in [5.74, 6) is 0.890. The van der Waals surface area contributed by atoms with Crippen LogP contribution in [0.2, 0.25) is 0 Å². The number of carbonyl (C=O) groups excluding carboxylic acids is 1. The second kappa shape index (κ2) is 11.1. The molecule has 2 aromatic carbocycles. The van der Waals surface area contributed by atoms with Crippen LogP contribution in [0.4, 0.5) is 0 Å². The molecule has 1 aliphatic heterocycles. The summed E-state index contributed by atoms with van der Waals surface area (Å²) in [6, 6.07) is 19.9. The van der Waals surface area contributed by atoms with Gasteiger partial charge in [-0.15, -0.1) is 0 Å². The molecule has 7 nitrogen and oxygen atoms in total. The summed E-state index contributed by atoms with van der Waals surface area (Å²) >= 11 is 4.29. The fourth-order valence-corrected chi connectivity index (χ4v) is 6.67. The van der Waals surface area contributed by atoms with Crippen molar-refractivity contribution in [1.29, 1.82) is 0 Å². The van der Waals surface area contributed by atoms with Crippen LogP contribution in [0, 0.1) is 6.92 Å². The van der Waals surface area contributed by atoms with Crippen molar-refractivity contribution in [2.45, 2.75) is 43.4 Å². The van der Waals surface area contributed by atoms with Crippen molar-refractivity contribution in [2.75, 3.05) is 6.54 Å². The van der Waals surface area contributed by atoms with E-state index >= 15 is 0 Å². The number of benzene rings is 2. The van der Waals surface area contributed by atoms with E-state index in [2.05, 4.69) is 56.1 Å². The van der Waals surface area contributed by atoms with Crippen LogP contribution < -0.4 is 0 Å². The predicted octanol–water partition coefficient (Wildman–Crippen LogP) is 6.17. The van der Waals surface area contributed by atoms with E-state index in [1.54, 1.807) is 23.7 Å². The molecule has 1 aliphatic rings. The van der Waals surface area contributed by atoms with E-state index in [-0.39, 0.29) is 11.9 Å². The second-order valence-corrected chi connectivity index (χ2v) is 13.3. The standard InChI is InChI=1S/C31H28AsN5O2S/c1-20-19-40-28(34-20)26-11-7-13-37(26)29(38)25-15-23(22-10-6-12-33-18-22)14-24(16-25)27-35-36-30(39-27)31(2,32)17-21-8-4-3-5-9-21/h3-6,8-10,12,14-16,18-19,26H,7,11,13,17H2,1-2H3/t26-,31+/m1/s1. The third-order valence-electron chi connectivity index (χ3n) is 7.13. The van der Waals surface area contributed by atoms with Gasteiger partial charge in [0.05, 0.1) is 0 Å². The van der Waals surface area contributed by atoms with E-state index in [0.717, 1.165) is 41.1 Å². The molecule has 0 bridgehead atoms. The quantitative estimate of drug-likeness (QED) is 0.205. The minimum atomic E-state index is -0.423. The summed E-state index contributed by atoms with van der Waals surface area (Å²) < 4.78 is 5.84. The Morgan fingerprint density at radius 2 is 1.93 bits per heavy atom. The van der Waals surface area contributed by atoms with Crippen LogP contribution >= 0.6 is 11.3 Å². The molecule has 0 N–H and O–H groups in total. The number of pyridine rings is 1. The number of likely N-dealkylation sites (tertiary alicyclic amines) is 1. The molecule has 1 amide bonds. The number of hydrogen-bond acceptors (Lipinski definition) is 7.